The highest BCUT2D eigenvalue weighted by atomic mass is 35.5. The zero-order valence-electron chi connectivity index (χ0n) is 14.8. The van der Waals surface area contributed by atoms with E-state index in [4.69, 9.17) is 16.3 Å². The Hall–Kier alpha value is -1.31. The molecule has 1 aliphatic rings. The first-order chi connectivity index (χ1) is 11.7. The van der Waals surface area contributed by atoms with Gasteiger partial charge in [0.1, 0.15) is 5.75 Å². The van der Waals surface area contributed by atoms with Crippen LogP contribution in [0.5, 0.6) is 5.75 Å². The van der Waals surface area contributed by atoms with Gasteiger partial charge in [0.05, 0.1) is 19.1 Å². The van der Waals surface area contributed by atoms with Crippen molar-refractivity contribution in [1.29, 1.82) is 0 Å². The molecule has 1 aromatic rings. The van der Waals surface area contributed by atoms with Crippen LogP contribution in [-0.2, 0) is 14.8 Å². The smallest absolute Gasteiger partial charge is 0.225 e. The van der Waals surface area contributed by atoms with Gasteiger partial charge >= 0.3 is 0 Å². The molecule has 0 bridgehead atoms. The fourth-order valence-corrected chi connectivity index (χ4v) is 4.49. The Morgan fingerprint density at radius 3 is 2.56 bits per heavy atom. The van der Waals surface area contributed by atoms with Crippen LogP contribution < -0.4 is 10.1 Å². The number of nitrogens with zero attached hydrogens (tertiary/aromatic N) is 1. The number of benzene rings is 1. The lowest BCUT2D eigenvalue weighted by atomic mass is 10.2. The first-order valence-electron chi connectivity index (χ1n) is 8.33. The number of hydrogen-bond acceptors (Lipinski definition) is 4. The number of hydrogen-bond donors (Lipinski definition) is 1. The molecule has 1 aliphatic carbocycles. The van der Waals surface area contributed by atoms with Crippen molar-refractivity contribution in [2.24, 2.45) is 0 Å². The summed E-state index contributed by atoms with van der Waals surface area (Å²) in [5.74, 6) is 0.214. The number of amides is 1. The number of halogens is 1. The zero-order chi connectivity index (χ0) is 18.6. The Morgan fingerprint density at radius 1 is 1.36 bits per heavy atom. The monoisotopic (exact) mass is 388 g/mol. The van der Waals surface area contributed by atoms with Gasteiger partial charge in [0.15, 0.2) is 0 Å². The van der Waals surface area contributed by atoms with E-state index in [1.54, 1.807) is 12.1 Å². The first kappa shape index (κ1) is 20.0. The van der Waals surface area contributed by atoms with Crippen molar-refractivity contribution in [3.8, 4) is 5.75 Å². The molecule has 0 unspecified atom stereocenters. The fourth-order valence-electron chi connectivity index (χ4n) is 3.17. The molecule has 0 spiro atoms. The summed E-state index contributed by atoms with van der Waals surface area (Å²) < 4.78 is 30.8. The molecule has 0 saturated heterocycles. The molecule has 1 saturated carbocycles. The number of sulfonamides is 1. The van der Waals surface area contributed by atoms with Gasteiger partial charge in [-0.25, -0.2) is 8.42 Å². The summed E-state index contributed by atoms with van der Waals surface area (Å²) in [5.41, 5.74) is 1.35. The minimum atomic E-state index is -3.33. The van der Waals surface area contributed by atoms with Gasteiger partial charge in [-0.2, -0.15) is 4.31 Å². The van der Waals surface area contributed by atoms with Crippen LogP contribution in [0, 0.1) is 6.92 Å². The van der Waals surface area contributed by atoms with Crippen molar-refractivity contribution in [3.05, 3.63) is 22.7 Å². The van der Waals surface area contributed by atoms with E-state index in [0.717, 1.165) is 31.2 Å². The minimum absolute atomic E-state index is 0.00936. The van der Waals surface area contributed by atoms with Gasteiger partial charge in [0.2, 0.25) is 15.9 Å². The zero-order valence-corrected chi connectivity index (χ0v) is 16.4. The number of carbonyl (C=O) groups excluding carboxylic acids is 1. The van der Waals surface area contributed by atoms with E-state index in [0.29, 0.717) is 16.5 Å². The normalized spacial score (nSPS) is 15.6. The number of rotatable bonds is 7. The Bertz CT molecular complexity index is 730. The third kappa shape index (κ3) is 5.33. The van der Waals surface area contributed by atoms with Crippen LogP contribution in [0.4, 0.5) is 5.69 Å². The standard InChI is InChI=1S/C17H25ClN2O4S/c1-12-10-15(16(24-2)11-14(12)18)19-17(21)8-9-20(25(3,22)23)13-6-4-5-7-13/h10-11,13H,4-9H2,1-3H3,(H,19,21). The maximum atomic E-state index is 12.3. The Labute approximate surface area is 154 Å². The maximum absolute atomic E-state index is 12.3. The third-order valence-electron chi connectivity index (χ3n) is 4.47. The van der Waals surface area contributed by atoms with Gasteiger partial charge in [-0.15, -0.1) is 0 Å². The van der Waals surface area contributed by atoms with Gasteiger partial charge in [0.25, 0.3) is 0 Å². The van der Waals surface area contributed by atoms with E-state index in [2.05, 4.69) is 5.32 Å². The molecular formula is C17H25ClN2O4S. The van der Waals surface area contributed by atoms with E-state index < -0.39 is 10.0 Å². The SMILES string of the molecule is COc1cc(Cl)c(C)cc1NC(=O)CCN(C1CCCC1)S(C)(=O)=O. The molecule has 0 aliphatic heterocycles. The van der Waals surface area contributed by atoms with Crippen molar-refractivity contribution >= 4 is 33.2 Å². The van der Waals surface area contributed by atoms with E-state index >= 15 is 0 Å². The van der Waals surface area contributed by atoms with Crippen molar-refractivity contribution in [3.63, 3.8) is 0 Å². The number of carbonyl (C=O) groups is 1. The second-order valence-electron chi connectivity index (χ2n) is 6.41. The molecule has 6 nitrogen and oxygen atoms in total. The minimum Gasteiger partial charge on any atom is -0.495 e. The average molecular weight is 389 g/mol. The number of ether oxygens (including phenoxy) is 1. The van der Waals surface area contributed by atoms with Crippen molar-refractivity contribution in [1.82, 2.24) is 4.31 Å². The summed E-state index contributed by atoms with van der Waals surface area (Å²) in [7, 11) is -1.83. The predicted octanol–water partition coefficient (Wildman–Crippen LogP) is 3.19. The Morgan fingerprint density at radius 2 is 2.00 bits per heavy atom. The highest BCUT2D eigenvalue weighted by Crippen LogP contribution is 2.31. The van der Waals surface area contributed by atoms with Gasteiger partial charge in [0, 0.05) is 30.1 Å². The number of methoxy groups -OCH3 is 1. The first-order valence-corrected chi connectivity index (χ1v) is 10.6. The van der Waals surface area contributed by atoms with Crippen LogP contribution in [0.3, 0.4) is 0 Å². The number of aryl methyl sites for hydroxylation is 1. The largest absolute Gasteiger partial charge is 0.495 e. The van der Waals surface area contributed by atoms with Crippen LogP contribution in [0.1, 0.15) is 37.7 Å². The van der Waals surface area contributed by atoms with Crippen LogP contribution in [0.15, 0.2) is 12.1 Å². The van der Waals surface area contributed by atoms with Crippen LogP contribution in [0.25, 0.3) is 0 Å². The van der Waals surface area contributed by atoms with Gasteiger partial charge in [-0.1, -0.05) is 24.4 Å². The van der Waals surface area contributed by atoms with E-state index in [1.807, 2.05) is 6.92 Å². The summed E-state index contributed by atoms with van der Waals surface area (Å²) in [6.45, 7) is 2.02. The Kier molecular flexibility index (Phi) is 6.71. The molecule has 0 radical (unpaired) electrons. The van der Waals surface area contributed by atoms with Gasteiger partial charge in [-0.05, 0) is 31.4 Å². The average Bonchev–Trinajstić information content (AvgIpc) is 3.03. The summed E-state index contributed by atoms with van der Waals surface area (Å²) >= 11 is 6.06. The fraction of sp³-hybridized carbons (Fsp3) is 0.588. The lowest BCUT2D eigenvalue weighted by molar-refractivity contribution is -0.116. The van der Waals surface area contributed by atoms with Crippen molar-refractivity contribution in [2.45, 2.75) is 45.1 Å². The van der Waals surface area contributed by atoms with E-state index in [1.165, 1.54) is 17.7 Å². The molecule has 0 heterocycles. The number of nitrogens with one attached hydrogen (secondary N) is 1. The molecule has 0 aromatic heterocycles. The molecule has 8 heteroatoms. The molecule has 140 valence electrons. The second kappa shape index (κ2) is 8.38. The summed E-state index contributed by atoms with van der Waals surface area (Å²) in [4.78, 5) is 12.3. The predicted molar refractivity (Wildman–Crippen MR) is 99.8 cm³/mol. The number of anilines is 1. The topological polar surface area (TPSA) is 75.7 Å². The van der Waals surface area contributed by atoms with Crippen LogP contribution >= 0.6 is 11.6 Å². The van der Waals surface area contributed by atoms with Crippen LogP contribution in [-0.4, -0.2) is 44.6 Å². The highest BCUT2D eigenvalue weighted by molar-refractivity contribution is 7.88. The molecule has 0 atom stereocenters. The summed E-state index contributed by atoms with van der Waals surface area (Å²) in [5, 5.41) is 3.34. The third-order valence-corrected chi connectivity index (χ3v) is 6.21. The molecule has 1 aromatic carbocycles. The van der Waals surface area contributed by atoms with Crippen LogP contribution in [0.2, 0.25) is 5.02 Å². The van der Waals surface area contributed by atoms with E-state index in [9.17, 15) is 13.2 Å². The molecule has 1 fully saturated rings. The highest BCUT2D eigenvalue weighted by Gasteiger charge is 2.29. The lowest BCUT2D eigenvalue weighted by Crippen LogP contribution is -2.39. The van der Waals surface area contributed by atoms with Gasteiger partial charge in [-0.3, -0.25) is 4.79 Å². The summed E-state index contributed by atoms with van der Waals surface area (Å²) in [6, 6.07) is 3.40. The van der Waals surface area contributed by atoms with E-state index in [-0.39, 0.29) is 24.9 Å². The molecule has 1 N–H and O–H groups in total. The maximum Gasteiger partial charge on any atom is 0.225 e. The molecular weight excluding hydrogens is 364 g/mol. The van der Waals surface area contributed by atoms with Crippen molar-refractivity contribution in [2.75, 3.05) is 25.2 Å². The molecule has 2 rings (SSSR count). The lowest BCUT2D eigenvalue weighted by Gasteiger charge is -2.26. The quantitative estimate of drug-likeness (QED) is 0.778. The molecule has 1 amide bonds. The van der Waals surface area contributed by atoms with Crippen molar-refractivity contribution < 1.29 is 17.9 Å². The Balaban J connectivity index is 2.03. The molecule has 25 heavy (non-hydrogen) atoms. The summed E-state index contributed by atoms with van der Waals surface area (Å²) in [6.07, 6.45) is 5.08. The second-order valence-corrected chi connectivity index (χ2v) is 8.75. The van der Waals surface area contributed by atoms with Gasteiger partial charge < -0.3 is 10.1 Å².